The van der Waals surface area contributed by atoms with Crippen molar-refractivity contribution in [3.63, 3.8) is 0 Å². The molecular formula is C23H56N2O7SSi6. The normalized spacial score (nSPS) is 13.4. The fourth-order valence-corrected chi connectivity index (χ4v) is 22.1. The van der Waals surface area contributed by atoms with Gasteiger partial charge >= 0.3 is 24.3 Å². The number of ether oxygens (including phenoxy) is 1. The Morgan fingerprint density at radius 2 is 1.18 bits per heavy atom. The second-order valence-corrected chi connectivity index (χ2v) is 37.7. The van der Waals surface area contributed by atoms with E-state index < -0.39 is 51.6 Å². The first-order chi connectivity index (χ1) is 17.4. The highest BCUT2D eigenvalue weighted by Gasteiger charge is 2.50. The lowest BCUT2D eigenvalue weighted by Gasteiger charge is -2.42. The van der Waals surface area contributed by atoms with Gasteiger partial charge in [-0.15, -0.1) is 0 Å². The van der Waals surface area contributed by atoms with Gasteiger partial charge in [-0.3, -0.25) is 0 Å². The molecule has 0 atom stereocenters. The molecule has 0 radical (unpaired) electrons. The molecule has 0 spiro atoms. The van der Waals surface area contributed by atoms with Crippen LogP contribution in [-0.2, 0) is 30.1 Å². The highest BCUT2D eigenvalue weighted by molar-refractivity contribution is 7.80. The van der Waals surface area contributed by atoms with Crippen LogP contribution in [0.3, 0.4) is 0 Å². The van der Waals surface area contributed by atoms with E-state index in [0.717, 1.165) is 6.42 Å². The summed E-state index contributed by atoms with van der Waals surface area (Å²) in [6.07, 6.45) is 1.42. The molecule has 0 amide bonds. The van der Waals surface area contributed by atoms with E-state index in [-0.39, 0.29) is 5.97 Å². The number of hydrogen-bond donors (Lipinski definition) is 2. The van der Waals surface area contributed by atoms with Crippen molar-refractivity contribution < 1.29 is 30.1 Å². The Bertz CT molecular complexity index is 764. The number of esters is 1. The van der Waals surface area contributed by atoms with Gasteiger partial charge in [0.05, 0.1) is 6.61 Å². The minimum atomic E-state index is -3.14. The Labute approximate surface area is 250 Å². The summed E-state index contributed by atoms with van der Waals surface area (Å²) in [5.74, 6) is -0.373. The highest BCUT2D eigenvalue weighted by atomic mass is 32.1. The summed E-state index contributed by atoms with van der Waals surface area (Å²) in [4.78, 5) is 11.5. The van der Waals surface area contributed by atoms with Crippen molar-refractivity contribution in [1.29, 1.82) is 0 Å². The monoisotopic (exact) mass is 672 g/mol. The van der Waals surface area contributed by atoms with Crippen molar-refractivity contribution >= 4 is 74.9 Å². The van der Waals surface area contributed by atoms with Crippen molar-refractivity contribution in [3.8, 4) is 0 Å². The molecule has 39 heavy (non-hydrogen) atoms. The zero-order valence-electron chi connectivity index (χ0n) is 26.8. The van der Waals surface area contributed by atoms with Gasteiger partial charge in [-0.05, 0) is 111 Å². The first-order valence-electron chi connectivity index (χ1n) is 13.7. The SMILES string of the molecule is C=C(C)C(=O)OCCCNC(=S)NCCC[Si](O[SiH](O[Si](C)(C)C)O[Si](C)(C)C)(O[Si](C)(C)C)O[Si](C)(C)C. The molecule has 0 heterocycles. The molecule has 16 heteroatoms. The van der Waals surface area contributed by atoms with Gasteiger partial charge in [0.25, 0.3) is 0 Å². The Morgan fingerprint density at radius 1 is 0.744 bits per heavy atom. The number of hydrogen-bond acceptors (Lipinski definition) is 8. The third-order valence-corrected chi connectivity index (χ3v) is 22.3. The van der Waals surface area contributed by atoms with Crippen molar-refractivity contribution in [1.82, 2.24) is 10.6 Å². The lowest BCUT2D eigenvalue weighted by atomic mass is 10.3. The summed E-state index contributed by atoms with van der Waals surface area (Å²) in [6, 6.07) is 0.654. The van der Waals surface area contributed by atoms with E-state index in [4.69, 9.17) is 37.5 Å². The van der Waals surface area contributed by atoms with Crippen LogP contribution in [0, 0.1) is 0 Å². The van der Waals surface area contributed by atoms with Gasteiger partial charge < -0.3 is 35.9 Å². The molecule has 9 nitrogen and oxygen atoms in total. The molecule has 0 saturated heterocycles. The average molecular weight is 673 g/mol. The Kier molecular flexibility index (Phi) is 16.6. The summed E-state index contributed by atoms with van der Waals surface area (Å²) in [6.45, 7) is 32.8. The van der Waals surface area contributed by atoms with E-state index in [1.807, 2.05) is 0 Å². The summed E-state index contributed by atoms with van der Waals surface area (Å²) >= 11 is 5.43. The van der Waals surface area contributed by atoms with Gasteiger partial charge in [-0.1, -0.05) is 6.58 Å². The van der Waals surface area contributed by atoms with Crippen molar-refractivity contribution in [2.75, 3.05) is 19.7 Å². The zero-order valence-corrected chi connectivity index (χ0v) is 33.8. The number of rotatable bonds is 19. The Hall–Kier alpha value is 0.00130. The summed E-state index contributed by atoms with van der Waals surface area (Å²) in [5, 5.41) is 6.98. The topological polar surface area (TPSA) is 96.5 Å². The molecule has 0 bridgehead atoms. The van der Waals surface area contributed by atoms with Crippen molar-refractivity contribution in [2.45, 2.75) is 104 Å². The summed E-state index contributed by atoms with van der Waals surface area (Å²) in [7, 11) is -13.6. The smallest absolute Gasteiger partial charge is 0.462 e. The first kappa shape index (κ1) is 39.0. The van der Waals surface area contributed by atoms with Crippen molar-refractivity contribution in [3.05, 3.63) is 12.2 Å². The maximum Gasteiger partial charge on any atom is 0.472 e. The Balaban J connectivity index is 5.41. The molecule has 0 fully saturated rings. The van der Waals surface area contributed by atoms with Crippen LogP contribution in [0.15, 0.2) is 12.2 Å². The minimum Gasteiger partial charge on any atom is -0.462 e. The second kappa shape index (κ2) is 16.6. The van der Waals surface area contributed by atoms with Crippen LogP contribution in [0.5, 0.6) is 0 Å². The largest absolute Gasteiger partial charge is 0.472 e. The lowest BCUT2D eigenvalue weighted by Crippen LogP contribution is -2.61. The van der Waals surface area contributed by atoms with Crippen LogP contribution < -0.4 is 10.6 Å². The molecular weight excluding hydrogens is 617 g/mol. The average Bonchev–Trinajstić information content (AvgIpc) is 2.65. The zero-order chi connectivity index (χ0) is 30.7. The number of nitrogens with one attached hydrogen (secondary N) is 2. The van der Waals surface area contributed by atoms with Gasteiger partial charge in [0.2, 0.25) is 0 Å². The predicted molar refractivity (Wildman–Crippen MR) is 180 cm³/mol. The van der Waals surface area contributed by atoms with E-state index in [1.165, 1.54) is 0 Å². The predicted octanol–water partition coefficient (Wildman–Crippen LogP) is 5.43. The molecule has 0 rings (SSSR count). The minimum absolute atomic E-state index is 0.318. The van der Waals surface area contributed by atoms with E-state index >= 15 is 0 Å². The maximum atomic E-state index is 11.5. The molecule has 0 aromatic rings. The van der Waals surface area contributed by atoms with E-state index in [1.54, 1.807) is 6.92 Å². The van der Waals surface area contributed by atoms with Gasteiger partial charge in [-0.2, -0.15) is 0 Å². The third kappa shape index (κ3) is 22.3. The van der Waals surface area contributed by atoms with Gasteiger partial charge in [0.15, 0.2) is 38.4 Å². The molecule has 0 saturated carbocycles. The van der Waals surface area contributed by atoms with Gasteiger partial charge in [0, 0.05) is 24.7 Å². The third-order valence-electron chi connectivity index (χ3n) is 4.23. The van der Waals surface area contributed by atoms with Crippen LogP contribution in [0.25, 0.3) is 0 Å². The quantitative estimate of drug-likeness (QED) is 0.0608. The number of thiocarbonyl (C=S) groups is 1. The summed E-state index contributed by atoms with van der Waals surface area (Å²) < 4.78 is 38.7. The summed E-state index contributed by atoms with van der Waals surface area (Å²) in [5.41, 5.74) is 0.396. The fraction of sp³-hybridized carbons (Fsp3) is 0.826. The van der Waals surface area contributed by atoms with Crippen LogP contribution in [0.2, 0.25) is 84.6 Å². The maximum absolute atomic E-state index is 11.5. The van der Waals surface area contributed by atoms with Gasteiger partial charge in [0.1, 0.15) is 0 Å². The van der Waals surface area contributed by atoms with E-state index in [0.29, 0.717) is 42.8 Å². The molecule has 0 aliphatic carbocycles. The van der Waals surface area contributed by atoms with Crippen LogP contribution in [0.1, 0.15) is 19.8 Å². The fourth-order valence-electron chi connectivity index (χ4n) is 3.09. The van der Waals surface area contributed by atoms with Crippen LogP contribution in [0.4, 0.5) is 0 Å². The number of carbonyl (C=O) groups excluding carboxylic acids is 1. The van der Waals surface area contributed by atoms with E-state index in [2.05, 4.69) is 95.8 Å². The second-order valence-electron chi connectivity index (χ2n) is 13.5. The first-order valence-corrected chi connectivity index (χ1v) is 31.1. The molecule has 0 unspecified atom stereocenters. The van der Waals surface area contributed by atoms with Crippen LogP contribution in [-0.4, -0.2) is 82.4 Å². The molecule has 2 N–H and O–H groups in total. The molecule has 0 aliphatic rings. The molecule has 0 aliphatic heterocycles. The lowest BCUT2D eigenvalue weighted by molar-refractivity contribution is -0.138. The van der Waals surface area contributed by atoms with E-state index in [9.17, 15) is 4.79 Å². The molecule has 0 aromatic carbocycles. The molecule has 0 aromatic heterocycles. The highest BCUT2D eigenvalue weighted by Crippen LogP contribution is 2.29. The standard InChI is InChI=1S/C23H56N2O7SSi6/c1-21(2)22(26)27-19-15-17-24-23(33)25-18-16-20-39(31-37(9,10)11,32-38(12,13)14)30-34(28-35(3,4)5)29-36(6,7)8/h34H,1,15-20H2,2-14H3,(H2,24,25,33). The van der Waals surface area contributed by atoms with Crippen LogP contribution >= 0.6 is 12.2 Å². The number of carbonyl (C=O) groups is 1. The van der Waals surface area contributed by atoms with Crippen molar-refractivity contribution in [2.24, 2.45) is 0 Å². The van der Waals surface area contributed by atoms with Gasteiger partial charge in [-0.25, -0.2) is 4.79 Å². The Morgan fingerprint density at radius 3 is 1.56 bits per heavy atom. The molecule has 230 valence electrons.